The first-order valence-electron chi connectivity index (χ1n) is 12.3. The van der Waals surface area contributed by atoms with Crippen molar-refractivity contribution < 1.29 is 4.79 Å². The highest BCUT2D eigenvalue weighted by molar-refractivity contribution is 6.04. The molecule has 180 valence electrons. The number of Topliss-reactive ketones (excluding diaryl/α,β-unsaturated/α-hetero) is 1. The van der Waals surface area contributed by atoms with E-state index in [9.17, 15) is 4.79 Å². The predicted molar refractivity (Wildman–Crippen MR) is 145 cm³/mol. The zero-order valence-corrected chi connectivity index (χ0v) is 21.2. The Morgan fingerprint density at radius 1 is 1.14 bits per heavy atom. The second kappa shape index (κ2) is 10.3. The quantitative estimate of drug-likeness (QED) is 0.264. The van der Waals surface area contributed by atoms with Crippen molar-refractivity contribution in [3.05, 3.63) is 120 Å². The average molecular weight is 466 g/mol. The van der Waals surface area contributed by atoms with Gasteiger partial charge in [0.15, 0.2) is 5.78 Å². The SMILES string of the molecule is C=C/C=C(\C=C/C)C1CC(C)(C)n2ncc(C(=O)C(C)c3ccccc3)c2N1Cc1ccccc1. The molecule has 0 aliphatic carbocycles. The standard InChI is InChI=1S/C31H35N3O/c1-6-14-26(15-7-2)28-20-31(4,5)34-30(33(28)22-24-16-10-8-11-17-24)27(21-32-34)29(35)23(3)25-18-12-9-13-19-25/h6-19,21,23,28H,1,20,22H2,2-5H3/b15-7-,26-14+. The van der Waals surface area contributed by atoms with Crippen LogP contribution in [0.3, 0.4) is 0 Å². The van der Waals surface area contributed by atoms with E-state index in [1.165, 1.54) is 11.1 Å². The van der Waals surface area contributed by atoms with E-state index in [1.54, 1.807) is 6.20 Å². The largest absolute Gasteiger partial charge is 0.345 e. The summed E-state index contributed by atoms with van der Waals surface area (Å²) in [6.45, 7) is 13.1. The number of fused-ring (bicyclic) bond motifs is 1. The maximum atomic E-state index is 13.9. The van der Waals surface area contributed by atoms with Gasteiger partial charge in [-0.05, 0) is 43.9 Å². The zero-order valence-electron chi connectivity index (χ0n) is 21.2. The number of aromatic nitrogens is 2. The Balaban J connectivity index is 1.87. The first-order valence-corrected chi connectivity index (χ1v) is 12.3. The summed E-state index contributed by atoms with van der Waals surface area (Å²) in [6.07, 6.45) is 10.8. The number of carbonyl (C=O) groups is 1. The van der Waals surface area contributed by atoms with Crippen LogP contribution in [0.25, 0.3) is 0 Å². The fourth-order valence-corrected chi connectivity index (χ4v) is 5.05. The number of anilines is 1. The Kier molecular flexibility index (Phi) is 7.20. The van der Waals surface area contributed by atoms with Crippen LogP contribution < -0.4 is 4.90 Å². The molecule has 2 aromatic carbocycles. The van der Waals surface area contributed by atoms with Crippen LogP contribution in [0.2, 0.25) is 0 Å². The molecule has 1 aliphatic heterocycles. The van der Waals surface area contributed by atoms with Crippen LogP contribution in [0.15, 0.2) is 103 Å². The Bertz CT molecular complexity index is 1230. The van der Waals surface area contributed by atoms with Crippen molar-refractivity contribution in [2.45, 2.75) is 58.2 Å². The molecule has 2 atom stereocenters. The molecule has 4 heteroatoms. The summed E-state index contributed by atoms with van der Waals surface area (Å²) in [5.41, 5.74) is 3.79. The van der Waals surface area contributed by atoms with Crippen molar-refractivity contribution in [3.8, 4) is 0 Å². The summed E-state index contributed by atoms with van der Waals surface area (Å²) in [4.78, 5) is 16.2. The number of hydrogen-bond acceptors (Lipinski definition) is 3. The zero-order chi connectivity index (χ0) is 25.0. The fraction of sp³-hybridized carbons (Fsp3) is 0.290. The minimum Gasteiger partial charge on any atom is -0.345 e. The van der Waals surface area contributed by atoms with E-state index in [0.717, 1.165) is 17.8 Å². The van der Waals surface area contributed by atoms with Gasteiger partial charge in [0.1, 0.15) is 5.82 Å². The summed E-state index contributed by atoms with van der Waals surface area (Å²) in [7, 11) is 0. The molecular weight excluding hydrogens is 430 g/mol. The lowest BCUT2D eigenvalue weighted by molar-refractivity contribution is 0.0966. The first-order chi connectivity index (χ1) is 16.9. The van der Waals surface area contributed by atoms with Gasteiger partial charge in [0, 0.05) is 12.5 Å². The van der Waals surface area contributed by atoms with Crippen molar-refractivity contribution in [2.24, 2.45) is 0 Å². The monoisotopic (exact) mass is 465 g/mol. The molecule has 0 spiro atoms. The predicted octanol–water partition coefficient (Wildman–Crippen LogP) is 7.07. The van der Waals surface area contributed by atoms with Gasteiger partial charge in [-0.2, -0.15) is 5.10 Å². The lowest BCUT2D eigenvalue weighted by Gasteiger charge is -2.46. The summed E-state index contributed by atoms with van der Waals surface area (Å²) < 4.78 is 2.05. The molecule has 2 unspecified atom stereocenters. The molecule has 1 aliphatic rings. The highest BCUT2D eigenvalue weighted by Crippen LogP contribution is 2.42. The van der Waals surface area contributed by atoms with E-state index in [2.05, 4.69) is 72.5 Å². The highest BCUT2D eigenvalue weighted by Gasteiger charge is 2.42. The molecule has 0 saturated heterocycles. The third-order valence-corrected chi connectivity index (χ3v) is 6.87. The summed E-state index contributed by atoms with van der Waals surface area (Å²) in [5.74, 6) is 0.723. The minimum absolute atomic E-state index is 0.0715. The van der Waals surface area contributed by atoms with Gasteiger partial charge in [0.2, 0.25) is 0 Å². The van der Waals surface area contributed by atoms with Crippen LogP contribution in [0, 0.1) is 0 Å². The van der Waals surface area contributed by atoms with Gasteiger partial charge in [0.05, 0.1) is 23.3 Å². The number of allylic oxidation sites excluding steroid dienone is 3. The van der Waals surface area contributed by atoms with Crippen LogP contribution in [0.1, 0.15) is 61.5 Å². The molecule has 0 radical (unpaired) electrons. The minimum atomic E-state index is -0.260. The van der Waals surface area contributed by atoms with E-state index in [1.807, 2.05) is 56.3 Å². The van der Waals surface area contributed by atoms with Gasteiger partial charge in [-0.3, -0.25) is 4.79 Å². The third kappa shape index (κ3) is 4.93. The van der Waals surface area contributed by atoms with Crippen molar-refractivity contribution in [2.75, 3.05) is 4.90 Å². The molecule has 1 aromatic heterocycles. The smallest absolute Gasteiger partial charge is 0.175 e. The maximum Gasteiger partial charge on any atom is 0.175 e. The lowest BCUT2D eigenvalue weighted by atomic mass is 9.85. The number of hydrogen-bond donors (Lipinski definition) is 0. The molecule has 4 rings (SSSR count). The first kappa shape index (κ1) is 24.5. The Morgan fingerprint density at radius 2 is 1.80 bits per heavy atom. The molecular formula is C31H35N3O. The molecule has 0 N–H and O–H groups in total. The normalized spacial score (nSPS) is 18.3. The van der Waals surface area contributed by atoms with Gasteiger partial charge in [-0.25, -0.2) is 4.68 Å². The van der Waals surface area contributed by atoms with Gasteiger partial charge < -0.3 is 4.90 Å². The number of rotatable bonds is 8. The van der Waals surface area contributed by atoms with Gasteiger partial charge in [-0.15, -0.1) is 0 Å². The van der Waals surface area contributed by atoms with E-state index >= 15 is 0 Å². The Labute approximate surface area is 209 Å². The second-order valence-corrected chi connectivity index (χ2v) is 9.84. The van der Waals surface area contributed by atoms with Gasteiger partial charge in [0.25, 0.3) is 0 Å². The number of nitrogens with zero attached hydrogens (tertiary/aromatic N) is 3. The molecule has 3 aromatic rings. The van der Waals surface area contributed by atoms with Crippen molar-refractivity contribution >= 4 is 11.6 Å². The summed E-state index contributed by atoms with van der Waals surface area (Å²) in [5, 5.41) is 4.78. The van der Waals surface area contributed by atoms with E-state index in [-0.39, 0.29) is 23.3 Å². The van der Waals surface area contributed by atoms with Crippen LogP contribution in [0.4, 0.5) is 5.82 Å². The topological polar surface area (TPSA) is 38.1 Å². The van der Waals surface area contributed by atoms with Gasteiger partial charge in [-0.1, -0.05) is 98.5 Å². The molecule has 0 saturated carbocycles. The Morgan fingerprint density at radius 3 is 2.43 bits per heavy atom. The third-order valence-electron chi connectivity index (χ3n) is 6.87. The van der Waals surface area contributed by atoms with Crippen LogP contribution in [-0.2, 0) is 12.1 Å². The molecule has 2 heterocycles. The second-order valence-electron chi connectivity index (χ2n) is 9.84. The summed E-state index contributed by atoms with van der Waals surface area (Å²) >= 11 is 0. The molecule has 0 fully saturated rings. The van der Waals surface area contributed by atoms with Crippen LogP contribution in [0.5, 0.6) is 0 Å². The van der Waals surface area contributed by atoms with Crippen molar-refractivity contribution in [1.82, 2.24) is 9.78 Å². The molecule has 4 nitrogen and oxygen atoms in total. The summed E-state index contributed by atoms with van der Waals surface area (Å²) in [6, 6.07) is 20.5. The van der Waals surface area contributed by atoms with Crippen LogP contribution >= 0.6 is 0 Å². The van der Waals surface area contributed by atoms with E-state index in [4.69, 9.17) is 5.10 Å². The number of ketones is 1. The Hall–Kier alpha value is -3.66. The highest BCUT2D eigenvalue weighted by atomic mass is 16.1. The molecule has 0 amide bonds. The average Bonchev–Trinajstić information content (AvgIpc) is 3.32. The molecule has 0 bridgehead atoms. The van der Waals surface area contributed by atoms with Crippen molar-refractivity contribution in [1.29, 1.82) is 0 Å². The van der Waals surface area contributed by atoms with Crippen LogP contribution in [-0.4, -0.2) is 21.6 Å². The van der Waals surface area contributed by atoms with Gasteiger partial charge >= 0.3 is 0 Å². The van der Waals surface area contributed by atoms with Crippen molar-refractivity contribution in [3.63, 3.8) is 0 Å². The fourth-order valence-electron chi connectivity index (χ4n) is 5.05. The lowest BCUT2D eigenvalue weighted by Crippen LogP contribution is -2.50. The maximum absolute atomic E-state index is 13.9. The molecule has 35 heavy (non-hydrogen) atoms. The van der Waals surface area contributed by atoms with E-state index in [0.29, 0.717) is 12.1 Å². The van der Waals surface area contributed by atoms with E-state index < -0.39 is 0 Å². The number of carbonyl (C=O) groups excluding carboxylic acids is 1. The number of benzene rings is 2.